The lowest BCUT2D eigenvalue weighted by atomic mass is 9.96. The van der Waals surface area contributed by atoms with E-state index in [2.05, 4.69) is 11.4 Å². The summed E-state index contributed by atoms with van der Waals surface area (Å²) in [5.74, 6) is -2.13. The van der Waals surface area contributed by atoms with E-state index in [4.69, 9.17) is 4.74 Å². The van der Waals surface area contributed by atoms with Gasteiger partial charge in [-0.05, 0) is 56.0 Å². The van der Waals surface area contributed by atoms with E-state index in [1.54, 1.807) is 32.1 Å². The summed E-state index contributed by atoms with van der Waals surface area (Å²) < 4.78 is 6.42. The second-order valence-electron chi connectivity index (χ2n) is 6.62. The van der Waals surface area contributed by atoms with Gasteiger partial charge in [0.25, 0.3) is 0 Å². The lowest BCUT2D eigenvalue weighted by molar-refractivity contribution is -0.159. The number of carboxylic acid groups (broad SMARTS) is 1. The van der Waals surface area contributed by atoms with Gasteiger partial charge in [0.1, 0.15) is 5.60 Å². The first-order valence-corrected chi connectivity index (χ1v) is 8.54. The van der Waals surface area contributed by atoms with Crippen LogP contribution in [0.1, 0.15) is 39.2 Å². The molecule has 1 atom stereocenters. The van der Waals surface area contributed by atoms with Gasteiger partial charge in [-0.15, -0.1) is 11.3 Å². The van der Waals surface area contributed by atoms with Crippen LogP contribution >= 0.6 is 11.3 Å². The van der Waals surface area contributed by atoms with Crippen molar-refractivity contribution in [1.29, 1.82) is 0 Å². The standard InChI is InChI=1S/C18H22O4S/c1-18(2,3)22-16(19)10-12(17(20)21)8-9-13-11-23-15-7-5-4-6-14(13)15/h4-7,11-12H,8-10H2,1-3H3,(H,20,21)/t12-/m0/s1. The molecule has 0 spiro atoms. The zero-order valence-electron chi connectivity index (χ0n) is 13.7. The van der Waals surface area contributed by atoms with Crippen LogP contribution in [-0.4, -0.2) is 22.6 Å². The van der Waals surface area contributed by atoms with E-state index in [9.17, 15) is 14.7 Å². The van der Waals surface area contributed by atoms with Crippen molar-refractivity contribution in [2.75, 3.05) is 0 Å². The summed E-state index contributed by atoms with van der Waals surface area (Å²) in [5, 5.41) is 12.6. The summed E-state index contributed by atoms with van der Waals surface area (Å²) >= 11 is 1.66. The topological polar surface area (TPSA) is 63.6 Å². The molecule has 0 unspecified atom stereocenters. The Morgan fingerprint density at radius 2 is 1.96 bits per heavy atom. The van der Waals surface area contributed by atoms with Crippen LogP contribution in [0, 0.1) is 5.92 Å². The average molecular weight is 334 g/mol. The molecule has 1 aromatic heterocycles. The Morgan fingerprint density at radius 1 is 1.26 bits per heavy atom. The van der Waals surface area contributed by atoms with Gasteiger partial charge in [-0.3, -0.25) is 9.59 Å². The fourth-order valence-electron chi connectivity index (χ4n) is 2.45. The van der Waals surface area contributed by atoms with Crippen molar-refractivity contribution in [1.82, 2.24) is 0 Å². The number of aryl methyl sites for hydroxylation is 1. The molecular weight excluding hydrogens is 312 g/mol. The second kappa shape index (κ2) is 7.13. The lowest BCUT2D eigenvalue weighted by Crippen LogP contribution is -2.27. The monoisotopic (exact) mass is 334 g/mol. The van der Waals surface area contributed by atoms with Crippen molar-refractivity contribution in [2.24, 2.45) is 5.92 Å². The summed E-state index contributed by atoms with van der Waals surface area (Å²) in [4.78, 5) is 23.3. The molecule has 0 saturated carbocycles. The molecular formula is C18H22O4S. The third-order valence-corrected chi connectivity index (χ3v) is 4.52. The number of carbonyl (C=O) groups excluding carboxylic acids is 1. The van der Waals surface area contributed by atoms with Crippen LogP contribution in [0.25, 0.3) is 10.1 Å². The Hall–Kier alpha value is -1.88. The maximum Gasteiger partial charge on any atom is 0.307 e. The average Bonchev–Trinajstić information content (AvgIpc) is 2.84. The van der Waals surface area contributed by atoms with E-state index in [0.29, 0.717) is 12.8 Å². The van der Waals surface area contributed by atoms with Crippen LogP contribution in [0.3, 0.4) is 0 Å². The zero-order valence-corrected chi connectivity index (χ0v) is 14.5. The molecule has 4 nitrogen and oxygen atoms in total. The number of carboxylic acids is 1. The number of hydrogen-bond donors (Lipinski definition) is 1. The maximum absolute atomic E-state index is 11.9. The van der Waals surface area contributed by atoms with Crippen LogP contribution in [0.4, 0.5) is 0 Å². The fourth-order valence-corrected chi connectivity index (χ4v) is 3.45. The van der Waals surface area contributed by atoms with Crippen molar-refractivity contribution in [3.63, 3.8) is 0 Å². The van der Waals surface area contributed by atoms with Crippen molar-refractivity contribution < 1.29 is 19.4 Å². The lowest BCUT2D eigenvalue weighted by Gasteiger charge is -2.21. The first-order valence-electron chi connectivity index (χ1n) is 7.66. The first kappa shape index (κ1) is 17.5. The Balaban J connectivity index is 2.00. The Labute approximate surface area is 140 Å². The van der Waals surface area contributed by atoms with E-state index in [-0.39, 0.29) is 6.42 Å². The van der Waals surface area contributed by atoms with Gasteiger partial charge >= 0.3 is 11.9 Å². The summed E-state index contributed by atoms with van der Waals surface area (Å²) in [7, 11) is 0. The smallest absolute Gasteiger partial charge is 0.307 e. The molecule has 2 rings (SSSR count). The fraction of sp³-hybridized carbons (Fsp3) is 0.444. The molecule has 0 aliphatic rings. The summed E-state index contributed by atoms with van der Waals surface area (Å²) in [5.41, 5.74) is 0.546. The molecule has 5 heteroatoms. The number of benzene rings is 1. The van der Waals surface area contributed by atoms with E-state index >= 15 is 0 Å². The molecule has 124 valence electrons. The van der Waals surface area contributed by atoms with Gasteiger partial charge in [0.05, 0.1) is 12.3 Å². The number of fused-ring (bicyclic) bond motifs is 1. The van der Waals surface area contributed by atoms with E-state index < -0.39 is 23.5 Å². The highest BCUT2D eigenvalue weighted by atomic mass is 32.1. The summed E-state index contributed by atoms with van der Waals surface area (Å²) in [6, 6.07) is 8.07. The van der Waals surface area contributed by atoms with Gasteiger partial charge in [-0.25, -0.2) is 0 Å². The van der Waals surface area contributed by atoms with Gasteiger partial charge in [0.15, 0.2) is 0 Å². The molecule has 1 aromatic carbocycles. The van der Waals surface area contributed by atoms with Crippen LogP contribution < -0.4 is 0 Å². The number of esters is 1. The quantitative estimate of drug-likeness (QED) is 0.802. The molecule has 0 fully saturated rings. The largest absolute Gasteiger partial charge is 0.481 e. The SMILES string of the molecule is CC(C)(C)OC(=O)C[C@H](CCc1csc2ccccc12)C(=O)O. The Kier molecular flexibility index (Phi) is 5.42. The Morgan fingerprint density at radius 3 is 2.61 bits per heavy atom. The van der Waals surface area contributed by atoms with Crippen molar-refractivity contribution in [2.45, 2.75) is 45.6 Å². The van der Waals surface area contributed by atoms with Gasteiger partial charge < -0.3 is 9.84 Å². The molecule has 23 heavy (non-hydrogen) atoms. The number of thiophene rings is 1. The minimum Gasteiger partial charge on any atom is -0.481 e. The minimum absolute atomic E-state index is 0.0886. The highest BCUT2D eigenvalue weighted by molar-refractivity contribution is 7.17. The van der Waals surface area contributed by atoms with Crippen molar-refractivity contribution >= 4 is 33.4 Å². The third kappa shape index (κ3) is 5.06. The zero-order chi connectivity index (χ0) is 17.0. The second-order valence-corrected chi connectivity index (χ2v) is 7.53. The number of hydrogen-bond acceptors (Lipinski definition) is 4. The van der Waals surface area contributed by atoms with Crippen LogP contribution in [0.5, 0.6) is 0 Å². The third-order valence-electron chi connectivity index (χ3n) is 3.51. The number of carbonyl (C=O) groups is 2. The van der Waals surface area contributed by atoms with E-state index in [1.807, 2.05) is 18.2 Å². The van der Waals surface area contributed by atoms with Gasteiger partial charge in [0, 0.05) is 4.70 Å². The van der Waals surface area contributed by atoms with Crippen LogP contribution in [0.15, 0.2) is 29.6 Å². The van der Waals surface area contributed by atoms with E-state index in [1.165, 1.54) is 10.1 Å². The van der Waals surface area contributed by atoms with Gasteiger partial charge in [-0.2, -0.15) is 0 Å². The van der Waals surface area contributed by atoms with Gasteiger partial charge in [-0.1, -0.05) is 18.2 Å². The normalized spacial score (nSPS) is 13.0. The minimum atomic E-state index is -0.949. The number of aliphatic carboxylic acids is 1. The highest BCUT2D eigenvalue weighted by Gasteiger charge is 2.25. The van der Waals surface area contributed by atoms with Gasteiger partial charge in [0.2, 0.25) is 0 Å². The predicted molar refractivity (Wildman–Crippen MR) is 91.7 cm³/mol. The Bertz CT molecular complexity index is 696. The molecule has 2 aromatic rings. The summed E-state index contributed by atoms with van der Waals surface area (Å²) in [6.07, 6.45) is 0.980. The molecule has 0 amide bonds. The van der Waals surface area contributed by atoms with Crippen LogP contribution in [0.2, 0.25) is 0 Å². The first-order chi connectivity index (χ1) is 10.8. The molecule has 1 N–H and O–H groups in total. The summed E-state index contributed by atoms with van der Waals surface area (Å²) in [6.45, 7) is 5.33. The van der Waals surface area contributed by atoms with Crippen LogP contribution in [-0.2, 0) is 20.7 Å². The number of ether oxygens (including phenoxy) is 1. The maximum atomic E-state index is 11.9. The molecule has 0 bridgehead atoms. The highest BCUT2D eigenvalue weighted by Crippen LogP contribution is 2.28. The van der Waals surface area contributed by atoms with E-state index in [0.717, 1.165) is 5.56 Å². The molecule has 0 aliphatic carbocycles. The molecule has 0 radical (unpaired) electrons. The molecule has 0 aliphatic heterocycles. The predicted octanol–water partition coefficient (Wildman–Crippen LogP) is 4.27. The van der Waals surface area contributed by atoms with Crippen molar-refractivity contribution in [3.8, 4) is 0 Å². The molecule has 0 saturated heterocycles. The molecule has 1 heterocycles. The van der Waals surface area contributed by atoms with Crippen molar-refractivity contribution in [3.05, 3.63) is 35.2 Å². The number of rotatable bonds is 6.